The van der Waals surface area contributed by atoms with Gasteiger partial charge in [-0.3, -0.25) is 0 Å². The van der Waals surface area contributed by atoms with E-state index in [-0.39, 0.29) is 17.2 Å². The van der Waals surface area contributed by atoms with Gasteiger partial charge in [-0.15, -0.1) is 0 Å². The maximum Gasteiger partial charge on any atom is 0.185 e. The zero-order valence-electron chi connectivity index (χ0n) is 11.6. The topological polar surface area (TPSA) is 55.4 Å². The number of rotatable bonds is 4. The third-order valence-electron chi connectivity index (χ3n) is 4.13. The standard InChI is InChI=1S/C14H21NO3S/c1-10-11(15-2)8-9-13(10)19(16,17)14-7-5-4-6-12(14)18-3/h4-7,10-11,13,15H,8-9H2,1-3H3. The second kappa shape index (κ2) is 5.51. The minimum absolute atomic E-state index is 0.111. The van der Waals surface area contributed by atoms with Crippen LogP contribution < -0.4 is 10.1 Å². The summed E-state index contributed by atoms with van der Waals surface area (Å²) in [5.41, 5.74) is 0. The number of methoxy groups -OCH3 is 1. The Balaban J connectivity index is 2.38. The highest BCUT2D eigenvalue weighted by molar-refractivity contribution is 7.92. The van der Waals surface area contributed by atoms with Crippen LogP contribution in [0.1, 0.15) is 19.8 Å². The van der Waals surface area contributed by atoms with Crippen LogP contribution in [0.5, 0.6) is 5.75 Å². The average Bonchev–Trinajstić information content (AvgIpc) is 2.80. The van der Waals surface area contributed by atoms with E-state index in [1.165, 1.54) is 7.11 Å². The van der Waals surface area contributed by atoms with Crippen LogP contribution in [0.4, 0.5) is 0 Å². The SMILES string of the molecule is CNC1CCC(S(=O)(=O)c2ccccc2OC)C1C. The molecular weight excluding hydrogens is 262 g/mol. The number of ether oxygens (including phenoxy) is 1. The third kappa shape index (κ3) is 2.49. The molecule has 1 aromatic carbocycles. The van der Waals surface area contributed by atoms with Gasteiger partial charge in [0.15, 0.2) is 9.84 Å². The summed E-state index contributed by atoms with van der Waals surface area (Å²) in [6, 6.07) is 7.13. The summed E-state index contributed by atoms with van der Waals surface area (Å²) in [4.78, 5) is 0.311. The molecule has 1 N–H and O–H groups in total. The Kier molecular flexibility index (Phi) is 4.16. The van der Waals surface area contributed by atoms with E-state index in [2.05, 4.69) is 5.32 Å². The maximum atomic E-state index is 12.8. The van der Waals surface area contributed by atoms with Crippen LogP contribution in [-0.2, 0) is 9.84 Å². The molecule has 1 aromatic rings. The van der Waals surface area contributed by atoms with Crippen molar-refractivity contribution in [2.75, 3.05) is 14.2 Å². The summed E-state index contributed by atoms with van der Waals surface area (Å²) in [7, 11) is 0.0523. The second-order valence-corrected chi connectivity index (χ2v) is 7.20. The van der Waals surface area contributed by atoms with Crippen molar-refractivity contribution in [2.24, 2.45) is 5.92 Å². The first-order valence-corrected chi connectivity index (χ1v) is 8.11. The monoisotopic (exact) mass is 283 g/mol. The first-order chi connectivity index (χ1) is 9.02. The smallest absolute Gasteiger partial charge is 0.185 e. The molecule has 0 saturated heterocycles. The normalized spacial score (nSPS) is 27.4. The summed E-state index contributed by atoms with van der Waals surface area (Å²) in [6.07, 6.45) is 1.60. The average molecular weight is 283 g/mol. The van der Waals surface area contributed by atoms with E-state index in [0.29, 0.717) is 17.1 Å². The number of benzene rings is 1. The van der Waals surface area contributed by atoms with Crippen molar-refractivity contribution in [1.29, 1.82) is 0 Å². The Hall–Kier alpha value is -1.07. The lowest BCUT2D eigenvalue weighted by Gasteiger charge is -2.21. The van der Waals surface area contributed by atoms with Gasteiger partial charge < -0.3 is 10.1 Å². The van der Waals surface area contributed by atoms with Crippen molar-refractivity contribution < 1.29 is 13.2 Å². The zero-order valence-corrected chi connectivity index (χ0v) is 12.4. The van der Waals surface area contributed by atoms with E-state index in [9.17, 15) is 8.42 Å². The van der Waals surface area contributed by atoms with E-state index >= 15 is 0 Å². The highest BCUT2D eigenvalue weighted by atomic mass is 32.2. The number of nitrogens with one attached hydrogen (secondary N) is 1. The molecule has 19 heavy (non-hydrogen) atoms. The molecular formula is C14H21NO3S. The Bertz CT molecular complexity index is 541. The van der Waals surface area contributed by atoms with E-state index in [1.807, 2.05) is 14.0 Å². The Morgan fingerprint density at radius 2 is 1.95 bits per heavy atom. The van der Waals surface area contributed by atoms with Crippen LogP contribution in [0.3, 0.4) is 0 Å². The van der Waals surface area contributed by atoms with Crippen LogP contribution in [-0.4, -0.2) is 33.9 Å². The van der Waals surface area contributed by atoms with Gasteiger partial charge in [-0.05, 0) is 37.9 Å². The molecule has 0 heterocycles. The molecule has 1 saturated carbocycles. The number of hydrogen-bond acceptors (Lipinski definition) is 4. The van der Waals surface area contributed by atoms with Crippen LogP contribution in [0.15, 0.2) is 29.2 Å². The Labute approximate surface area is 115 Å². The molecule has 3 unspecified atom stereocenters. The van der Waals surface area contributed by atoms with E-state index in [4.69, 9.17) is 4.74 Å². The lowest BCUT2D eigenvalue weighted by atomic mass is 10.1. The lowest BCUT2D eigenvalue weighted by Crippen LogP contribution is -2.34. The Morgan fingerprint density at radius 3 is 2.53 bits per heavy atom. The fourth-order valence-corrected chi connectivity index (χ4v) is 5.22. The highest BCUT2D eigenvalue weighted by Gasteiger charge is 2.41. The Morgan fingerprint density at radius 1 is 1.26 bits per heavy atom. The van der Waals surface area contributed by atoms with Crippen LogP contribution >= 0.6 is 0 Å². The molecule has 3 atom stereocenters. The molecule has 2 rings (SSSR count). The van der Waals surface area contributed by atoms with Crippen molar-refractivity contribution in [3.05, 3.63) is 24.3 Å². The second-order valence-electron chi connectivity index (χ2n) is 5.07. The molecule has 106 valence electrons. The van der Waals surface area contributed by atoms with Gasteiger partial charge in [-0.1, -0.05) is 19.1 Å². The van der Waals surface area contributed by atoms with E-state index in [0.717, 1.165) is 6.42 Å². The van der Waals surface area contributed by atoms with Crippen LogP contribution in [0.2, 0.25) is 0 Å². The molecule has 1 aliphatic carbocycles. The third-order valence-corrected chi connectivity index (χ3v) is 6.54. The minimum Gasteiger partial charge on any atom is -0.495 e. The van der Waals surface area contributed by atoms with Gasteiger partial charge >= 0.3 is 0 Å². The van der Waals surface area contributed by atoms with E-state index in [1.54, 1.807) is 24.3 Å². The number of sulfone groups is 1. The molecule has 4 nitrogen and oxygen atoms in total. The highest BCUT2D eigenvalue weighted by Crippen LogP contribution is 2.37. The van der Waals surface area contributed by atoms with Crippen molar-refractivity contribution in [2.45, 2.75) is 36.0 Å². The predicted molar refractivity (Wildman–Crippen MR) is 75.2 cm³/mol. The molecule has 0 aromatic heterocycles. The summed E-state index contributed by atoms with van der Waals surface area (Å²) in [5, 5.41) is 2.87. The van der Waals surface area contributed by atoms with E-state index < -0.39 is 9.84 Å². The van der Waals surface area contributed by atoms with Crippen molar-refractivity contribution in [3.63, 3.8) is 0 Å². The van der Waals surface area contributed by atoms with Crippen molar-refractivity contribution >= 4 is 9.84 Å². The fourth-order valence-electron chi connectivity index (χ4n) is 2.99. The van der Waals surface area contributed by atoms with Gasteiger partial charge in [0.1, 0.15) is 10.6 Å². The van der Waals surface area contributed by atoms with Crippen molar-refractivity contribution in [3.8, 4) is 5.75 Å². The van der Waals surface area contributed by atoms with Gasteiger partial charge in [0, 0.05) is 6.04 Å². The summed E-state index contributed by atoms with van der Waals surface area (Å²) >= 11 is 0. The minimum atomic E-state index is -3.34. The molecule has 1 fully saturated rings. The molecule has 5 heteroatoms. The summed E-state index contributed by atoms with van der Waals surface area (Å²) in [5.74, 6) is 0.544. The summed E-state index contributed by atoms with van der Waals surface area (Å²) < 4.78 is 30.7. The van der Waals surface area contributed by atoms with Crippen LogP contribution in [0, 0.1) is 5.92 Å². The molecule has 0 aliphatic heterocycles. The lowest BCUT2D eigenvalue weighted by molar-refractivity contribution is 0.401. The van der Waals surface area contributed by atoms with Gasteiger partial charge in [-0.25, -0.2) is 8.42 Å². The van der Waals surface area contributed by atoms with Gasteiger partial charge in [0.25, 0.3) is 0 Å². The van der Waals surface area contributed by atoms with Gasteiger partial charge in [-0.2, -0.15) is 0 Å². The van der Waals surface area contributed by atoms with Crippen molar-refractivity contribution in [1.82, 2.24) is 5.32 Å². The first kappa shape index (κ1) is 14.3. The van der Waals surface area contributed by atoms with Gasteiger partial charge in [0.05, 0.1) is 12.4 Å². The van der Waals surface area contributed by atoms with Crippen LogP contribution in [0.25, 0.3) is 0 Å². The molecule has 0 amide bonds. The molecule has 0 spiro atoms. The zero-order chi connectivity index (χ0) is 14.0. The number of para-hydroxylation sites is 1. The largest absolute Gasteiger partial charge is 0.495 e. The molecule has 1 aliphatic rings. The maximum absolute atomic E-state index is 12.8. The predicted octanol–water partition coefficient (Wildman–Crippen LogP) is 1.86. The quantitative estimate of drug-likeness (QED) is 0.916. The summed E-state index contributed by atoms with van der Waals surface area (Å²) in [6.45, 7) is 2.01. The molecule has 0 radical (unpaired) electrons. The molecule has 0 bridgehead atoms. The first-order valence-electron chi connectivity index (χ1n) is 6.56. The number of hydrogen-bond donors (Lipinski definition) is 1. The van der Waals surface area contributed by atoms with Gasteiger partial charge in [0.2, 0.25) is 0 Å². The fraction of sp³-hybridized carbons (Fsp3) is 0.571.